The molecule has 1 aromatic heterocycles. The predicted octanol–water partition coefficient (Wildman–Crippen LogP) is 4.23. The van der Waals surface area contributed by atoms with Gasteiger partial charge in [-0.15, -0.1) is 11.3 Å². The van der Waals surface area contributed by atoms with Gasteiger partial charge in [-0.1, -0.05) is 23.2 Å². The molecule has 4 nitrogen and oxygen atoms in total. The van der Waals surface area contributed by atoms with Crippen LogP contribution >= 0.6 is 34.5 Å². The third-order valence-electron chi connectivity index (χ3n) is 3.16. The molecular formula is C14H12Cl2N2O2S. The minimum atomic E-state index is -0.364. The lowest BCUT2D eigenvalue weighted by Gasteiger charge is -2.07. The number of halogens is 2. The van der Waals surface area contributed by atoms with Crippen LogP contribution in [-0.2, 0) is 9.53 Å². The largest absolute Gasteiger partial charge is 0.368 e. The number of carbonyl (C=O) groups is 1. The number of hydrogen-bond acceptors (Lipinski definition) is 4. The van der Waals surface area contributed by atoms with E-state index in [-0.39, 0.29) is 12.0 Å². The SMILES string of the molecule is O=C(Nc1nc(-c2ccc(Cl)cc2Cl)cs1)[C@H]1CCCO1. The van der Waals surface area contributed by atoms with Crippen LogP contribution < -0.4 is 5.32 Å². The maximum atomic E-state index is 12.0. The molecule has 1 saturated heterocycles. The van der Waals surface area contributed by atoms with Crippen LogP contribution in [-0.4, -0.2) is 23.6 Å². The van der Waals surface area contributed by atoms with Crippen molar-refractivity contribution in [2.24, 2.45) is 0 Å². The summed E-state index contributed by atoms with van der Waals surface area (Å²) in [6.07, 6.45) is 1.31. The van der Waals surface area contributed by atoms with E-state index < -0.39 is 0 Å². The molecule has 0 saturated carbocycles. The van der Waals surface area contributed by atoms with Crippen LogP contribution in [0.1, 0.15) is 12.8 Å². The molecule has 0 radical (unpaired) electrons. The molecule has 0 unspecified atom stereocenters. The summed E-state index contributed by atoms with van der Waals surface area (Å²) in [4.78, 5) is 16.3. The highest BCUT2D eigenvalue weighted by atomic mass is 35.5. The standard InChI is InChI=1S/C14H12Cl2N2O2S/c15-8-3-4-9(10(16)6-8)11-7-21-14(17-11)18-13(19)12-2-1-5-20-12/h3-4,6-7,12H,1-2,5H2,(H,17,18,19)/t12-/m1/s1. The lowest BCUT2D eigenvalue weighted by atomic mass is 10.2. The molecule has 3 rings (SSSR count). The summed E-state index contributed by atoms with van der Waals surface area (Å²) in [6.45, 7) is 0.640. The Kier molecular flexibility index (Phi) is 4.45. The second-order valence-corrected chi connectivity index (χ2v) is 6.35. The van der Waals surface area contributed by atoms with Crippen LogP contribution in [0.2, 0.25) is 10.0 Å². The normalized spacial score (nSPS) is 17.9. The fraction of sp³-hybridized carbons (Fsp3) is 0.286. The molecule has 7 heteroatoms. The Balaban J connectivity index is 1.75. The van der Waals surface area contributed by atoms with Crippen molar-refractivity contribution in [3.05, 3.63) is 33.6 Å². The molecule has 21 heavy (non-hydrogen) atoms. The highest BCUT2D eigenvalue weighted by molar-refractivity contribution is 7.14. The Morgan fingerprint density at radius 3 is 3.00 bits per heavy atom. The number of rotatable bonds is 3. The van der Waals surface area contributed by atoms with Crippen molar-refractivity contribution in [1.82, 2.24) is 4.98 Å². The van der Waals surface area contributed by atoms with E-state index in [9.17, 15) is 4.79 Å². The maximum absolute atomic E-state index is 12.0. The van der Waals surface area contributed by atoms with E-state index in [0.717, 1.165) is 18.4 Å². The first-order valence-electron chi connectivity index (χ1n) is 6.47. The molecule has 1 amide bonds. The van der Waals surface area contributed by atoms with Crippen LogP contribution in [0.4, 0.5) is 5.13 Å². The summed E-state index contributed by atoms with van der Waals surface area (Å²) < 4.78 is 5.34. The Morgan fingerprint density at radius 1 is 1.43 bits per heavy atom. The second-order valence-electron chi connectivity index (χ2n) is 4.65. The number of amides is 1. The van der Waals surface area contributed by atoms with Crippen molar-refractivity contribution in [2.45, 2.75) is 18.9 Å². The zero-order chi connectivity index (χ0) is 14.8. The van der Waals surface area contributed by atoms with Gasteiger partial charge in [-0.25, -0.2) is 4.98 Å². The smallest absolute Gasteiger partial charge is 0.255 e. The first kappa shape index (κ1) is 14.8. The number of hydrogen-bond donors (Lipinski definition) is 1. The quantitative estimate of drug-likeness (QED) is 0.907. The molecule has 1 fully saturated rings. The van der Waals surface area contributed by atoms with Crippen molar-refractivity contribution in [1.29, 1.82) is 0 Å². The molecule has 0 bridgehead atoms. The monoisotopic (exact) mass is 342 g/mol. The van der Waals surface area contributed by atoms with Crippen molar-refractivity contribution in [3.63, 3.8) is 0 Å². The minimum absolute atomic E-state index is 0.143. The molecule has 1 atom stereocenters. The number of thiazole rings is 1. The van der Waals surface area contributed by atoms with Gasteiger partial charge in [0.2, 0.25) is 0 Å². The first-order chi connectivity index (χ1) is 10.1. The molecule has 110 valence electrons. The summed E-state index contributed by atoms with van der Waals surface area (Å²) in [6, 6.07) is 5.24. The fourth-order valence-electron chi connectivity index (χ4n) is 2.12. The molecule has 0 aliphatic carbocycles. The topological polar surface area (TPSA) is 51.2 Å². The molecule has 1 aromatic carbocycles. The van der Waals surface area contributed by atoms with Crippen LogP contribution in [0.25, 0.3) is 11.3 Å². The van der Waals surface area contributed by atoms with Crippen molar-refractivity contribution >= 4 is 45.6 Å². The molecule has 2 aromatic rings. The third-order valence-corrected chi connectivity index (χ3v) is 4.47. The highest BCUT2D eigenvalue weighted by Crippen LogP contribution is 2.32. The van der Waals surface area contributed by atoms with E-state index in [0.29, 0.717) is 27.5 Å². The number of carbonyl (C=O) groups excluding carboxylic acids is 1. The van der Waals surface area contributed by atoms with E-state index in [1.54, 1.807) is 12.1 Å². The molecule has 1 N–H and O–H groups in total. The lowest BCUT2D eigenvalue weighted by molar-refractivity contribution is -0.124. The zero-order valence-electron chi connectivity index (χ0n) is 10.9. The van der Waals surface area contributed by atoms with Crippen molar-refractivity contribution < 1.29 is 9.53 Å². The van der Waals surface area contributed by atoms with E-state index in [4.69, 9.17) is 27.9 Å². The Labute approximate surface area is 136 Å². The Bertz CT molecular complexity index is 669. The predicted molar refractivity (Wildman–Crippen MR) is 85.2 cm³/mol. The number of benzene rings is 1. The Hall–Kier alpha value is -1.14. The number of anilines is 1. The van der Waals surface area contributed by atoms with Gasteiger partial charge in [0.05, 0.1) is 10.7 Å². The van der Waals surface area contributed by atoms with E-state index in [1.807, 2.05) is 11.4 Å². The highest BCUT2D eigenvalue weighted by Gasteiger charge is 2.24. The summed E-state index contributed by atoms with van der Waals surface area (Å²) in [5.74, 6) is -0.143. The van der Waals surface area contributed by atoms with Crippen LogP contribution in [0.15, 0.2) is 23.6 Å². The fourth-order valence-corrected chi connectivity index (χ4v) is 3.34. The summed E-state index contributed by atoms with van der Waals surface area (Å²) in [7, 11) is 0. The second kappa shape index (κ2) is 6.32. The van der Waals surface area contributed by atoms with E-state index in [1.165, 1.54) is 11.3 Å². The number of ether oxygens (including phenoxy) is 1. The number of nitrogens with zero attached hydrogens (tertiary/aromatic N) is 1. The van der Waals surface area contributed by atoms with Gasteiger partial charge in [-0.2, -0.15) is 0 Å². The van der Waals surface area contributed by atoms with Gasteiger partial charge in [0.25, 0.3) is 5.91 Å². The zero-order valence-corrected chi connectivity index (χ0v) is 13.3. The molecule has 0 spiro atoms. The van der Waals surface area contributed by atoms with Crippen LogP contribution in [0, 0.1) is 0 Å². The van der Waals surface area contributed by atoms with Crippen molar-refractivity contribution in [3.8, 4) is 11.3 Å². The van der Waals surface area contributed by atoms with E-state index >= 15 is 0 Å². The number of aromatic nitrogens is 1. The molecule has 2 heterocycles. The first-order valence-corrected chi connectivity index (χ1v) is 8.10. The minimum Gasteiger partial charge on any atom is -0.368 e. The average Bonchev–Trinajstić information content (AvgIpc) is 3.09. The summed E-state index contributed by atoms with van der Waals surface area (Å²) >= 11 is 13.4. The summed E-state index contributed by atoms with van der Waals surface area (Å²) in [5.41, 5.74) is 1.50. The molecule has 1 aliphatic rings. The Morgan fingerprint density at radius 2 is 2.29 bits per heavy atom. The van der Waals surface area contributed by atoms with Gasteiger partial charge < -0.3 is 4.74 Å². The van der Waals surface area contributed by atoms with Gasteiger partial charge in [0.1, 0.15) is 6.10 Å². The van der Waals surface area contributed by atoms with Gasteiger partial charge in [-0.05, 0) is 31.0 Å². The lowest BCUT2D eigenvalue weighted by Crippen LogP contribution is -2.26. The van der Waals surface area contributed by atoms with Crippen LogP contribution in [0.5, 0.6) is 0 Å². The average molecular weight is 343 g/mol. The van der Waals surface area contributed by atoms with Crippen LogP contribution in [0.3, 0.4) is 0 Å². The third kappa shape index (κ3) is 3.37. The van der Waals surface area contributed by atoms with Gasteiger partial charge in [0.15, 0.2) is 5.13 Å². The molecular weight excluding hydrogens is 331 g/mol. The van der Waals surface area contributed by atoms with Gasteiger partial charge in [0, 0.05) is 22.6 Å². The summed E-state index contributed by atoms with van der Waals surface area (Å²) in [5, 5.41) is 6.27. The van der Waals surface area contributed by atoms with E-state index in [2.05, 4.69) is 10.3 Å². The maximum Gasteiger partial charge on any atom is 0.255 e. The van der Waals surface area contributed by atoms with Gasteiger partial charge >= 0.3 is 0 Å². The van der Waals surface area contributed by atoms with Gasteiger partial charge in [-0.3, -0.25) is 10.1 Å². The van der Waals surface area contributed by atoms with Crippen molar-refractivity contribution in [2.75, 3.05) is 11.9 Å². The number of nitrogens with one attached hydrogen (secondary N) is 1. The molecule has 1 aliphatic heterocycles.